The van der Waals surface area contributed by atoms with Crippen LogP contribution >= 0.6 is 0 Å². The molecule has 0 aromatic heterocycles. The van der Waals surface area contributed by atoms with Gasteiger partial charge in [-0.05, 0) is 25.3 Å². The zero-order valence-corrected chi connectivity index (χ0v) is 14.2. The third kappa shape index (κ3) is 17.5. The van der Waals surface area contributed by atoms with E-state index in [9.17, 15) is 0 Å². The first-order valence-electron chi connectivity index (χ1n) is 9.18. The Balaban J connectivity index is 3.01. The van der Waals surface area contributed by atoms with Gasteiger partial charge in [0.1, 0.15) is 0 Å². The van der Waals surface area contributed by atoms with Crippen molar-refractivity contribution in [3.8, 4) is 0 Å². The van der Waals surface area contributed by atoms with Crippen LogP contribution in [0.2, 0.25) is 0 Å². The van der Waals surface area contributed by atoms with Crippen LogP contribution in [0.1, 0.15) is 104 Å². The number of allylic oxidation sites excluding steroid dienone is 1. The summed E-state index contributed by atoms with van der Waals surface area (Å²) in [4.78, 5) is 0. The van der Waals surface area contributed by atoms with E-state index in [1.807, 2.05) is 6.26 Å². The van der Waals surface area contributed by atoms with Gasteiger partial charge in [-0.25, -0.2) is 0 Å². The minimum atomic E-state index is 0.904. The molecule has 0 unspecified atom stereocenters. The molecular weight excluding hydrogens is 244 g/mol. The summed E-state index contributed by atoms with van der Waals surface area (Å²) >= 11 is 0. The van der Waals surface area contributed by atoms with Gasteiger partial charge in [0.05, 0.1) is 12.9 Å². The zero-order valence-electron chi connectivity index (χ0n) is 14.2. The molecule has 1 nitrogen and oxygen atoms in total. The number of hydrogen-bond donors (Lipinski definition) is 0. The molecule has 0 aromatic rings. The molecule has 1 heteroatoms. The molecule has 0 rings (SSSR count). The molecule has 0 radical (unpaired) electrons. The first-order valence-corrected chi connectivity index (χ1v) is 9.18. The van der Waals surface area contributed by atoms with Gasteiger partial charge in [0.25, 0.3) is 0 Å². The first-order chi connectivity index (χ1) is 9.91. The van der Waals surface area contributed by atoms with E-state index < -0.39 is 0 Å². The molecule has 0 heterocycles. The SMILES string of the molecule is CCCCCCCCC=COCCCCCCCCC. The van der Waals surface area contributed by atoms with Crippen molar-refractivity contribution in [2.75, 3.05) is 6.61 Å². The van der Waals surface area contributed by atoms with E-state index in [4.69, 9.17) is 4.74 Å². The van der Waals surface area contributed by atoms with Crippen molar-refractivity contribution in [3.63, 3.8) is 0 Å². The second-order valence-corrected chi connectivity index (χ2v) is 5.92. The average molecular weight is 283 g/mol. The van der Waals surface area contributed by atoms with Crippen LogP contribution in [-0.2, 0) is 4.74 Å². The van der Waals surface area contributed by atoms with Gasteiger partial charge in [0.2, 0.25) is 0 Å². The highest BCUT2D eigenvalue weighted by Crippen LogP contribution is 2.08. The van der Waals surface area contributed by atoms with Crippen LogP contribution in [0.3, 0.4) is 0 Å². The standard InChI is InChI=1S/C19H38O/c1-3-5-7-9-11-13-15-17-19-20-18-16-14-12-10-8-6-4-2/h17,19H,3-16,18H2,1-2H3. The van der Waals surface area contributed by atoms with Crippen molar-refractivity contribution < 1.29 is 4.74 Å². The van der Waals surface area contributed by atoms with Crippen molar-refractivity contribution in [2.45, 2.75) is 104 Å². The fourth-order valence-electron chi connectivity index (χ4n) is 2.39. The van der Waals surface area contributed by atoms with Crippen molar-refractivity contribution >= 4 is 0 Å². The van der Waals surface area contributed by atoms with E-state index in [1.165, 1.54) is 89.9 Å². The van der Waals surface area contributed by atoms with Crippen LogP contribution in [0.25, 0.3) is 0 Å². The Bertz CT molecular complexity index is 186. The van der Waals surface area contributed by atoms with Crippen molar-refractivity contribution in [3.05, 3.63) is 12.3 Å². The van der Waals surface area contributed by atoms with Crippen LogP contribution in [-0.4, -0.2) is 6.61 Å². The first kappa shape index (κ1) is 19.5. The van der Waals surface area contributed by atoms with E-state index in [-0.39, 0.29) is 0 Å². The normalized spacial score (nSPS) is 11.3. The van der Waals surface area contributed by atoms with Gasteiger partial charge >= 0.3 is 0 Å². The summed E-state index contributed by atoms with van der Waals surface area (Å²) < 4.78 is 5.53. The highest BCUT2D eigenvalue weighted by Gasteiger charge is 1.91. The van der Waals surface area contributed by atoms with Crippen LogP contribution in [0.15, 0.2) is 12.3 Å². The lowest BCUT2D eigenvalue weighted by Crippen LogP contribution is -1.88. The van der Waals surface area contributed by atoms with Gasteiger partial charge in [0.15, 0.2) is 0 Å². The predicted molar refractivity (Wildman–Crippen MR) is 91.1 cm³/mol. The molecule has 20 heavy (non-hydrogen) atoms. The molecule has 0 saturated heterocycles. The van der Waals surface area contributed by atoms with Gasteiger partial charge in [-0.15, -0.1) is 0 Å². The summed E-state index contributed by atoms with van der Waals surface area (Å²) in [5.74, 6) is 0. The fraction of sp³-hybridized carbons (Fsp3) is 0.895. The molecule has 0 atom stereocenters. The Morgan fingerprint density at radius 1 is 0.600 bits per heavy atom. The third-order valence-corrected chi connectivity index (χ3v) is 3.78. The number of unbranched alkanes of at least 4 members (excludes halogenated alkanes) is 12. The maximum Gasteiger partial charge on any atom is 0.0873 e. The summed E-state index contributed by atoms with van der Waals surface area (Å²) in [6.45, 7) is 5.44. The van der Waals surface area contributed by atoms with Crippen molar-refractivity contribution in [2.24, 2.45) is 0 Å². The summed E-state index contributed by atoms with van der Waals surface area (Å²) in [5.41, 5.74) is 0. The maximum absolute atomic E-state index is 5.53. The molecule has 0 fully saturated rings. The van der Waals surface area contributed by atoms with Crippen molar-refractivity contribution in [1.82, 2.24) is 0 Å². The largest absolute Gasteiger partial charge is 0.502 e. The predicted octanol–water partition coefficient (Wildman–Crippen LogP) is 7.02. The molecule has 0 aliphatic carbocycles. The number of rotatable bonds is 16. The molecule has 0 N–H and O–H groups in total. The van der Waals surface area contributed by atoms with Gasteiger partial charge in [-0.2, -0.15) is 0 Å². The minimum Gasteiger partial charge on any atom is -0.502 e. The van der Waals surface area contributed by atoms with Crippen LogP contribution in [0.4, 0.5) is 0 Å². The lowest BCUT2D eigenvalue weighted by Gasteiger charge is -2.02. The molecule has 0 aliphatic rings. The Morgan fingerprint density at radius 3 is 1.70 bits per heavy atom. The summed E-state index contributed by atoms with van der Waals surface area (Å²) in [7, 11) is 0. The fourth-order valence-corrected chi connectivity index (χ4v) is 2.39. The lowest BCUT2D eigenvalue weighted by atomic mass is 10.1. The molecule has 0 bridgehead atoms. The van der Waals surface area contributed by atoms with E-state index in [1.54, 1.807) is 0 Å². The Labute approximate surface area is 128 Å². The van der Waals surface area contributed by atoms with Crippen LogP contribution in [0.5, 0.6) is 0 Å². The van der Waals surface area contributed by atoms with E-state index in [0.717, 1.165) is 6.61 Å². The Morgan fingerprint density at radius 2 is 1.10 bits per heavy atom. The lowest BCUT2D eigenvalue weighted by molar-refractivity contribution is 0.239. The maximum atomic E-state index is 5.53. The third-order valence-electron chi connectivity index (χ3n) is 3.78. The number of ether oxygens (including phenoxy) is 1. The zero-order chi connectivity index (χ0) is 14.7. The van der Waals surface area contributed by atoms with Gasteiger partial charge in [-0.3, -0.25) is 0 Å². The number of hydrogen-bond acceptors (Lipinski definition) is 1. The van der Waals surface area contributed by atoms with E-state index >= 15 is 0 Å². The van der Waals surface area contributed by atoms with Gasteiger partial charge in [0, 0.05) is 0 Å². The summed E-state index contributed by atoms with van der Waals surface area (Å²) in [6.07, 6.45) is 23.0. The average Bonchev–Trinajstić information content (AvgIpc) is 2.47. The van der Waals surface area contributed by atoms with E-state index in [0.29, 0.717) is 0 Å². The minimum absolute atomic E-state index is 0.904. The highest BCUT2D eigenvalue weighted by atomic mass is 16.5. The van der Waals surface area contributed by atoms with Crippen molar-refractivity contribution in [1.29, 1.82) is 0 Å². The molecular formula is C19H38O. The quantitative estimate of drug-likeness (QED) is 0.218. The van der Waals surface area contributed by atoms with Gasteiger partial charge < -0.3 is 4.74 Å². The monoisotopic (exact) mass is 282 g/mol. The Kier molecular flexibility index (Phi) is 18.1. The van der Waals surface area contributed by atoms with Gasteiger partial charge in [-0.1, -0.05) is 84.5 Å². The molecule has 0 aliphatic heterocycles. The molecule has 0 spiro atoms. The molecule has 0 saturated carbocycles. The smallest absolute Gasteiger partial charge is 0.0873 e. The molecule has 0 amide bonds. The molecule has 0 aromatic carbocycles. The van der Waals surface area contributed by atoms with Crippen LogP contribution < -0.4 is 0 Å². The Hall–Kier alpha value is -0.460. The summed E-state index contributed by atoms with van der Waals surface area (Å²) in [5, 5.41) is 0. The summed E-state index contributed by atoms with van der Waals surface area (Å²) in [6, 6.07) is 0. The second kappa shape index (κ2) is 18.5. The van der Waals surface area contributed by atoms with Crippen LogP contribution in [0, 0.1) is 0 Å². The highest BCUT2D eigenvalue weighted by molar-refractivity contribution is 4.73. The topological polar surface area (TPSA) is 9.23 Å². The van der Waals surface area contributed by atoms with E-state index in [2.05, 4.69) is 19.9 Å². The second-order valence-electron chi connectivity index (χ2n) is 5.92. The molecule has 120 valence electrons.